The van der Waals surface area contributed by atoms with Crippen LogP contribution in [0.5, 0.6) is 5.75 Å². The number of carbonyl (C=O) groups is 2. The van der Waals surface area contributed by atoms with Gasteiger partial charge in [0.25, 0.3) is 0 Å². The zero-order valence-corrected chi connectivity index (χ0v) is 14.6. The summed E-state index contributed by atoms with van der Waals surface area (Å²) in [6, 6.07) is 6.01. The van der Waals surface area contributed by atoms with Crippen molar-refractivity contribution in [3.05, 3.63) is 29.3 Å². The molecule has 1 amide bonds. The van der Waals surface area contributed by atoms with Crippen LogP contribution >= 0.6 is 0 Å². The molecule has 1 aromatic rings. The maximum absolute atomic E-state index is 12.3. The molecule has 1 heterocycles. The maximum Gasteiger partial charge on any atom is 0.317 e. The number of hydrogen-bond donors (Lipinski definition) is 2. The van der Waals surface area contributed by atoms with Crippen LogP contribution in [-0.2, 0) is 9.59 Å². The number of aliphatic carboxylic acids is 1. The first-order chi connectivity index (χ1) is 11.3. The lowest BCUT2D eigenvalue weighted by molar-refractivity contribution is -0.136. The van der Waals surface area contributed by atoms with E-state index in [-0.39, 0.29) is 18.0 Å². The fourth-order valence-corrected chi connectivity index (χ4v) is 2.88. The van der Waals surface area contributed by atoms with Gasteiger partial charge in [-0.3, -0.25) is 14.9 Å². The Hall–Kier alpha value is -2.08. The van der Waals surface area contributed by atoms with E-state index in [1.807, 2.05) is 39.0 Å². The number of rotatable bonds is 7. The predicted molar refractivity (Wildman–Crippen MR) is 91.3 cm³/mol. The lowest BCUT2D eigenvalue weighted by Gasteiger charge is -2.25. The highest BCUT2D eigenvalue weighted by Crippen LogP contribution is 2.22. The molecule has 1 saturated heterocycles. The third-order valence-corrected chi connectivity index (χ3v) is 4.41. The Kier molecular flexibility index (Phi) is 5.83. The first-order valence-electron chi connectivity index (χ1n) is 8.24. The number of carbonyl (C=O) groups excluding carboxylic acids is 1. The number of carboxylic acids is 1. The molecule has 1 aliphatic heterocycles. The van der Waals surface area contributed by atoms with Crippen LogP contribution in [0.15, 0.2) is 18.2 Å². The Bertz CT molecular complexity index is 617. The van der Waals surface area contributed by atoms with Gasteiger partial charge in [0.1, 0.15) is 5.75 Å². The standard InChI is InChI=1S/C18H26N2O4/c1-13-4-5-14(2)15(10-13)24-9-6-16(21)20-8-7-18(3,12-20)19-11-17(22)23/h4-5,10,19H,6-9,11-12H2,1-3H3,(H,22,23)/t18-/m1/s1. The van der Waals surface area contributed by atoms with Crippen LogP contribution in [0.25, 0.3) is 0 Å². The van der Waals surface area contributed by atoms with Crippen LogP contribution in [0.1, 0.15) is 30.9 Å². The Morgan fingerprint density at radius 2 is 2.12 bits per heavy atom. The molecule has 0 radical (unpaired) electrons. The summed E-state index contributed by atoms with van der Waals surface area (Å²) in [6.45, 7) is 7.38. The summed E-state index contributed by atoms with van der Waals surface area (Å²) in [4.78, 5) is 24.8. The SMILES string of the molecule is Cc1ccc(C)c(OCCC(=O)N2CC[C@@](C)(NCC(=O)O)C2)c1. The minimum absolute atomic E-state index is 0.0427. The van der Waals surface area contributed by atoms with Crippen LogP contribution in [0, 0.1) is 13.8 Å². The van der Waals surface area contributed by atoms with Gasteiger partial charge in [0.2, 0.25) is 5.91 Å². The Morgan fingerprint density at radius 3 is 2.83 bits per heavy atom. The van der Waals surface area contributed by atoms with E-state index in [0.29, 0.717) is 26.1 Å². The molecule has 1 atom stereocenters. The van der Waals surface area contributed by atoms with E-state index in [1.165, 1.54) is 0 Å². The van der Waals surface area contributed by atoms with Gasteiger partial charge in [0, 0.05) is 18.6 Å². The van der Waals surface area contributed by atoms with Gasteiger partial charge in [-0.05, 0) is 44.4 Å². The molecule has 0 bridgehead atoms. The normalized spacial score (nSPS) is 20.2. The first kappa shape index (κ1) is 18.3. The van der Waals surface area contributed by atoms with Crippen molar-refractivity contribution in [2.75, 3.05) is 26.2 Å². The van der Waals surface area contributed by atoms with Gasteiger partial charge in [-0.25, -0.2) is 0 Å². The zero-order chi connectivity index (χ0) is 17.7. The molecule has 0 unspecified atom stereocenters. The van der Waals surface area contributed by atoms with Gasteiger partial charge in [0.15, 0.2) is 0 Å². The Balaban J connectivity index is 1.79. The van der Waals surface area contributed by atoms with Crippen LogP contribution in [0.2, 0.25) is 0 Å². The van der Waals surface area contributed by atoms with Crippen LogP contribution in [-0.4, -0.2) is 53.7 Å². The van der Waals surface area contributed by atoms with Gasteiger partial charge in [-0.2, -0.15) is 0 Å². The van der Waals surface area contributed by atoms with Gasteiger partial charge in [-0.1, -0.05) is 12.1 Å². The monoisotopic (exact) mass is 334 g/mol. The number of benzene rings is 1. The average Bonchev–Trinajstić information content (AvgIpc) is 2.92. The minimum Gasteiger partial charge on any atom is -0.493 e. The summed E-state index contributed by atoms with van der Waals surface area (Å²) in [7, 11) is 0. The fourth-order valence-electron chi connectivity index (χ4n) is 2.88. The zero-order valence-electron chi connectivity index (χ0n) is 14.6. The molecule has 0 saturated carbocycles. The van der Waals surface area contributed by atoms with Gasteiger partial charge in [0.05, 0.1) is 19.6 Å². The van der Waals surface area contributed by atoms with Gasteiger partial charge in [-0.15, -0.1) is 0 Å². The van der Waals surface area contributed by atoms with E-state index >= 15 is 0 Å². The third-order valence-electron chi connectivity index (χ3n) is 4.41. The first-order valence-corrected chi connectivity index (χ1v) is 8.24. The Labute approximate surface area is 142 Å². The number of carboxylic acid groups (broad SMARTS) is 1. The average molecular weight is 334 g/mol. The molecule has 0 aromatic heterocycles. The van der Waals surface area contributed by atoms with Crippen LogP contribution < -0.4 is 10.1 Å². The summed E-state index contributed by atoms with van der Waals surface area (Å²) >= 11 is 0. The fraction of sp³-hybridized carbons (Fsp3) is 0.556. The van der Waals surface area contributed by atoms with E-state index in [1.54, 1.807) is 4.90 Å². The molecular formula is C18H26N2O4. The molecule has 0 spiro atoms. The Morgan fingerprint density at radius 1 is 1.38 bits per heavy atom. The number of aryl methyl sites for hydroxylation is 2. The van der Waals surface area contributed by atoms with Crippen molar-refractivity contribution in [2.24, 2.45) is 0 Å². The number of amides is 1. The second kappa shape index (κ2) is 7.66. The smallest absolute Gasteiger partial charge is 0.317 e. The highest BCUT2D eigenvalue weighted by molar-refractivity contribution is 5.77. The molecule has 24 heavy (non-hydrogen) atoms. The van der Waals surface area contributed by atoms with Crippen molar-refractivity contribution in [1.29, 1.82) is 0 Å². The number of likely N-dealkylation sites (tertiary alicyclic amines) is 1. The van der Waals surface area contributed by atoms with Crippen LogP contribution in [0.4, 0.5) is 0 Å². The van der Waals surface area contributed by atoms with E-state index < -0.39 is 5.97 Å². The number of nitrogens with one attached hydrogen (secondary N) is 1. The summed E-state index contributed by atoms with van der Waals surface area (Å²) in [5.41, 5.74) is 1.85. The molecule has 6 heteroatoms. The minimum atomic E-state index is -0.886. The number of hydrogen-bond acceptors (Lipinski definition) is 4. The van der Waals surface area contributed by atoms with Crippen molar-refractivity contribution in [3.8, 4) is 5.75 Å². The van der Waals surface area contributed by atoms with Crippen LogP contribution in [0.3, 0.4) is 0 Å². The number of ether oxygens (including phenoxy) is 1. The van der Waals surface area contributed by atoms with Crippen molar-refractivity contribution in [3.63, 3.8) is 0 Å². The largest absolute Gasteiger partial charge is 0.493 e. The quantitative estimate of drug-likeness (QED) is 0.794. The van der Waals surface area contributed by atoms with E-state index in [9.17, 15) is 9.59 Å². The van der Waals surface area contributed by atoms with E-state index in [4.69, 9.17) is 9.84 Å². The van der Waals surface area contributed by atoms with E-state index in [2.05, 4.69) is 5.32 Å². The highest BCUT2D eigenvalue weighted by atomic mass is 16.5. The van der Waals surface area contributed by atoms with Gasteiger partial charge < -0.3 is 14.7 Å². The lowest BCUT2D eigenvalue weighted by Crippen LogP contribution is -2.47. The topological polar surface area (TPSA) is 78.9 Å². The molecule has 1 aliphatic rings. The molecular weight excluding hydrogens is 308 g/mol. The van der Waals surface area contributed by atoms with Crippen molar-refractivity contribution in [2.45, 2.75) is 39.2 Å². The van der Waals surface area contributed by atoms with E-state index in [0.717, 1.165) is 23.3 Å². The highest BCUT2D eigenvalue weighted by Gasteiger charge is 2.35. The summed E-state index contributed by atoms with van der Waals surface area (Å²) in [5, 5.41) is 11.8. The maximum atomic E-state index is 12.3. The summed E-state index contributed by atoms with van der Waals surface area (Å²) < 4.78 is 5.74. The van der Waals surface area contributed by atoms with Crippen molar-refractivity contribution < 1.29 is 19.4 Å². The molecule has 2 rings (SSSR count). The third kappa shape index (κ3) is 4.96. The van der Waals surface area contributed by atoms with Crippen molar-refractivity contribution >= 4 is 11.9 Å². The van der Waals surface area contributed by atoms with Gasteiger partial charge >= 0.3 is 5.97 Å². The predicted octanol–water partition coefficient (Wildman–Crippen LogP) is 1.74. The molecule has 1 aromatic carbocycles. The summed E-state index contributed by atoms with van der Waals surface area (Å²) in [5.74, 6) is -0.0266. The molecule has 2 N–H and O–H groups in total. The second-order valence-electron chi connectivity index (χ2n) is 6.74. The second-order valence-corrected chi connectivity index (χ2v) is 6.74. The summed E-state index contributed by atoms with van der Waals surface area (Å²) in [6.07, 6.45) is 1.08. The molecule has 1 fully saturated rings. The molecule has 132 valence electrons. The number of nitrogens with zero attached hydrogens (tertiary/aromatic N) is 1. The van der Waals surface area contributed by atoms with Crippen molar-refractivity contribution in [1.82, 2.24) is 10.2 Å². The molecule has 6 nitrogen and oxygen atoms in total. The lowest BCUT2D eigenvalue weighted by atomic mass is 10.0. The molecule has 0 aliphatic carbocycles.